The van der Waals surface area contributed by atoms with Crippen LogP contribution in [0.1, 0.15) is 26.8 Å². The van der Waals surface area contributed by atoms with E-state index in [0.717, 1.165) is 0 Å². The van der Waals surface area contributed by atoms with Crippen molar-refractivity contribution in [2.45, 2.75) is 6.61 Å². The van der Waals surface area contributed by atoms with Crippen molar-refractivity contribution in [2.75, 3.05) is 12.4 Å². The number of nitrogens with one attached hydrogen (secondary N) is 1. The van der Waals surface area contributed by atoms with E-state index in [1.54, 1.807) is 13.1 Å². The van der Waals surface area contributed by atoms with Crippen LogP contribution in [0.5, 0.6) is 5.75 Å². The lowest BCUT2D eigenvalue weighted by atomic mass is 10.3. The van der Waals surface area contributed by atoms with Crippen LogP contribution in [-0.4, -0.2) is 33.7 Å². The molecule has 0 aliphatic heterocycles. The summed E-state index contributed by atoms with van der Waals surface area (Å²) in [6.07, 6.45) is 1.46. The normalized spacial score (nSPS) is 10.4. The Morgan fingerprint density at radius 2 is 1.97 bits per heavy atom. The summed E-state index contributed by atoms with van der Waals surface area (Å²) >= 11 is 0. The number of ether oxygens (including phenoxy) is 2. The first-order valence-electron chi connectivity index (χ1n) is 8.26. The van der Waals surface area contributed by atoms with E-state index in [9.17, 15) is 19.7 Å². The Kier molecular flexibility index (Phi) is 5.58. The number of carbonyl (C=O) groups excluding carboxylic acids is 2. The van der Waals surface area contributed by atoms with E-state index in [0.29, 0.717) is 11.5 Å². The van der Waals surface area contributed by atoms with Crippen molar-refractivity contribution in [3.8, 4) is 5.75 Å². The minimum atomic E-state index is -0.683. The number of nitrogens with zero attached hydrogens (tertiary/aromatic N) is 3. The van der Waals surface area contributed by atoms with E-state index in [2.05, 4.69) is 15.2 Å². The summed E-state index contributed by atoms with van der Waals surface area (Å²) in [6, 6.07) is 8.59. The van der Waals surface area contributed by atoms with Gasteiger partial charge >= 0.3 is 5.97 Å². The molecule has 3 aromatic rings. The standard InChI is InChI=1S/C18H16N4O7/c1-21-9-14(16(20-21)18(24)27-2)19-17(23)15-8-7-13(29-15)10-28-12-5-3-11(4-6-12)22(25)26/h3-9H,10H2,1-2H3,(H,19,23). The molecular weight excluding hydrogens is 384 g/mol. The summed E-state index contributed by atoms with van der Waals surface area (Å²) in [6.45, 7) is 0.0192. The predicted octanol–water partition coefficient (Wildman–Crippen LogP) is 2.54. The number of nitro benzene ring substituents is 1. The fourth-order valence-electron chi connectivity index (χ4n) is 2.41. The number of methoxy groups -OCH3 is 1. The van der Waals surface area contributed by atoms with Gasteiger partial charge < -0.3 is 19.2 Å². The Morgan fingerprint density at radius 3 is 2.62 bits per heavy atom. The number of non-ortho nitro benzene ring substituents is 1. The van der Waals surface area contributed by atoms with E-state index < -0.39 is 16.8 Å². The molecular formula is C18H16N4O7. The van der Waals surface area contributed by atoms with Crippen LogP contribution >= 0.6 is 0 Å². The van der Waals surface area contributed by atoms with Gasteiger partial charge in [-0.15, -0.1) is 0 Å². The first-order valence-corrected chi connectivity index (χ1v) is 8.26. The van der Waals surface area contributed by atoms with Crippen LogP contribution in [0, 0.1) is 10.1 Å². The Labute approximate surface area is 164 Å². The molecule has 0 saturated carbocycles. The second-order valence-corrected chi connectivity index (χ2v) is 5.82. The fraction of sp³-hybridized carbons (Fsp3) is 0.167. The molecule has 2 aromatic heterocycles. The third kappa shape index (κ3) is 4.58. The smallest absolute Gasteiger partial charge is 0.360 e. The van der Waals surface area contributed by atoms with Crippen molar-refractivity contribution in [1.82, 2.24) is 9.78 Å². The van der Waals surface area contributed by atoms with Gasteiger partial charge in [-0.1, -0.05) is 0 Å². The zero-order valence-corrected chi connectivity index (χ0v) is 15.4. The second kappa shape index (κ2) is 8.25. The zero-order chi connectivity index (χ0) is 21.0. The van der Waals surface area contributed by atoms with Gasteiger partial charge in [0.1, 0.15) is 18.1 Å². The van der Waals surface area contributed by atoms with Crippen molar-refractivity contribution in [3.63, 3.8) is 0 Å². The molecule has 0 unspecified atom stereocenters. The van der Waals surface area contributed by atoms with Gasteiger partial charge in [-0.2, -0.15) is 5.10 Å². The van der Waals surface area contributed by atoms with E-state index >= 15 is 0 Å². The number of amides is 1. The van der Waals surface area contributed by atoms with Crippen LogP contribution in [0.25, 0.3) is 0 Å². The van der Waals surface area contributed by atoms with Gasteiger partial charge in [0.15, 0.2) is 11.5 Å². The zero-order valence-electron chi connectivity index (χ0n) is 15.4. The maximum Gasteiger partial charge on any atom is 0.360 e. The van der Waals surface area contributed by atoms with Gasteiger partial charge in [-0.25, -0.2) is 4.79 Å². The van der Waals surface area contributed by atoms with E-state index in [-0.39, 0.29) is 29.4 Å². The van der Waals surface area contributed by atoms with E-state index in [1.165, 1.54) is 48.3 Å². The number of aromatic nitrogens is 2. The summed E-state index contributed by atoms with van der Waals surface area (Å²) in [4.78, 5) is 34.2. The number of aryl methyl sites for hydroxylation is 1. The summed E-state index contributed by atoms with van der Waals surface area (Å²) in [5.41, 5.74) is 0.108. The summed E-state index contributed by atoms with van der Waals surface area (Å²) in [5.74, 6) is -0.474. The number of carbonyl (C=O) groups is 2. The van der Waals surface area contributed by atoms with Crippen LogP contribution in [-0.2, 0) is 18.4 Å². The summed E-state index contributed by atoms with van der Waals surface area (Å²) < 4.78 is 16.9. The molecule has 0 aliphatic carbocycles. The molecule has 3 rings (SSSR count). The summed E-state index contributed by atoms with van der Waals surface area (Å²) in [7, 11) is 2.81. The average Bonchev–Trinajstić information content (AvgIpc) is 3.32. The quantitative estimate of drug-likeness (QED) is 0.363. The molecule has 150 valence electrons. The molecule has 1 amide bonds. The molecule has 0 aliphatic rings. The molecule has 1 N–H and O–H groups in total. The topological polar surface area (TPSA) is 139 Å². The first kappa shape index (κ1) is 19.6. The molecule has 0 atom stereocenters. The molecule has 1 aromatic carbocycles. The molecule has 11 heteroatoms. The Bertz CT molecular complexity index is 1050. The highest BCUT2D eigenvalue weighted by Crippen LogP contribution is 2.20. The van der Waals surface area contributed by atoms with Gasteiger partial charge in [0.05, 0.1) is 17.7 Å². The van der Waals surface area contributed by atoms with E-state index in [4.69, 9.17) is 9.15 Å². The van der Waals surface area contributed by atoms with Crippen LogP contribution in [0.2, 0.25) is 0 Å². The largest absolute Gasteiger partial charge is 0.486 e. The first-order chi connectivity index (χ1) is 13.9. The number of furan rings is 1. The van der Waals surface area contributed by atoms with Crippen molar-refractivity contribution in [1.29, 1.82) is 0 Å². The SMILES string of the molecule is COC(=O)c1nn(C)cc1NC(=O)c1ccc(COc2ccc([N+](=O)[O-])cc2)o1. The molecule has 0 fully saturated rings. The Morgan fingerprint density at radius 1 is 1.24 bits per heavy atom. The molecule has 0 spiro atoms. The predicted molar refractivity (Wildman–Crippen MR) is 98.6 cm³/mol. The molecule has 0 radical (unpaired) electrons. The molecule has 29 heavy (non-hydrogen) atoms. The van der Waals surface area contributed by atoms with Crippen LogP contribution < -0.4 is 10.1 Å². The highest BCUT2D eigenvalue weighted by atomic mass is 16.6. The van der Waals surface area contributed by atoms with E-state index in [1.807, 2.05) is 0 Å². The lowest BCUT2D eigenvalue weighted by molar-refractivity contribution is -0.384. The third-order valence-corrected chi connectivity index (χ3v) is 3.77. The minimum absolute atomic E-state index is 0.00645. The fourth-order valence-corrected chi connectivity index (χ4v) is 2.41. The third-order valence-electron chi connectivity index (χ3n) is 3.77. The van der Waals surface area contributed by atoms with Crippen LogP contribution in [0.4, 0.5) is 11.4 Å². The monoisotopic (exact) mass is 400 g/mol. The summed E-state index contributed by atoms with van der Waals surface area (Å²) in [5, 5.41) is 17.1. The maximum absolute atomic E-state index is 12.4. The Balaban J connectivity index is 1.63. The number of anilines is 1. The number of nitro groups is 1. The number of rotatable bonds is 7. The van der Waals surface area contributed by atoms with Crippen molar-refractivity contribution in [2.24, 2.45) is 7.05 Å². The highest BCUT2D eigenvalue weighted by Gasteiger charge is 2.20. The maximum atomic E-state index is 12.4. The second-order valence-electron chi connectivity index (χ2n) is 5.82. The van der Waals surface area contributed by atoms with Gasteiger partial charge in [0.2, 0.25) is 0 Å². The van der Waals surface area contributed by atoms with Crippen molar-refractivity contribution >= 4 is 23.3 Å². The van der Waals surface area contributed by atoms with Gasteiger partial charge in [0, 0.05) is 25.4 Å². The van der Waals surface area contributed by atoms with Gasteiger partial charge in [-0.3, -0.25) is 19.6 Å². The average molecular weight is 400 g/mol. The molecule has 11 nitrogen and oxygen atoms in total. The highest BCUT2D eigenvalue weighted by molar-refractivity contribution is 6.05. The van der Waals surface area contributed by atoms with Crippen LogP contribution in [0.3, 0.4) is 0 Å². The van der Waals surface area contributed by atoms with Crippen molar-refractivity contribution in [3.05, 3.63) is 69.9 Å². The number of hydrogen-bond acceptors (Lipinski definition) is 8. The lowest BCUT2D eigenvalue weighted by Crippen LogP contribution is -2.14. The lowest BCUT2D eigenvalue weighted by Gasteiger charge is -2.04. The number of hydrogen-bond donors (Lipinski definition) is 1. The van der Waals surface area contributed by atoms with Gasteiger partial charge in [-0.05, 0) is 24.3 Å². The van der Waals surface area contributed by atoms with Crippen LogP contribution in [0.15, 0.2) is 47.0 Å². The molecule has 2 heterocycles. The Hall–Kier alpha value is -4.15. The number of esters is 1. The molecule has 0 saturated heterocycles. The minimum Gasteiger partial charge on any atom is -0.486 e. The molecule has 0 bridgehead atoms. The van der Waals surface area contributed by atoms with Crippen molar-refractivity contribution < 1.29 is 28.4 Å². The number of benzene rings is 1. The van der Waals surface area contributed by atoms with Gasteiger partial charge in [0.25, 0.3) is 11.6 Å².